The number of hydrogen-bond donors (Lipinski definition) is 3. The molecule has 2 rings (SSSR count). The van der Waals surface area contributed by atoms with E-state index >= 15 is 0 Å². The van der Waals surface area contributed by atoms with Crippen LogP contribution < -0.4 is 11.5 Å². The van der Waals surface area contributed by atoms with Gasteiger partial charge in [0.15, 0.2) is 5.84 Å². The maximum atomic E-state index is 12.2. The predicted molar refractivity (Wildman–Crippen MR) is 78.0 cm³/mol. The van der Waals surface area contributed by atoms with Gasteiger partial charge in [0, 0.05) is 12.1 Å². The van der Waals surface area contributed by atoms with E-state index in [-0.39, 0.29) is 11.7 Å². The number of halogens is 1. The number of nitrogens with two attached hydrogens (primary N) is 2. The lowest BCUT2D eigenvalue weighted by Gasteiger charge is -1.97. The molecular formula is C15H18FN3O. The van der Waals surface area contributed by atoms with E-state index in [0.717, 1.165) is 16.7 Å². The molecule has 5 heteroatoms. The topological polar surface area (TPSA) is 84.6 Å². The molecule has 2 aromatic rings. The normalized spacial score (nSPS) is 10.7. The molecule has 0 saturated heterocycles. The second-order valence-electron chi connectivity index (χ2n) is 4.18. The number of rotatable bonds is 2. The summed E-state index contributed by atoms with van der Waals surface area (Å²) in [5, 5.41) is 11.2. The van der Waals surface area contributed by atoms with Crippen LogP contribution in [-0.4, -0.2) is 11.0 Å². The molecule has 2 aromatic carbocycles. The molecule has 0 amide bonds. The molecule has 0 fully saturated rings. The molecule has 0 heterocycles. The minimum Gasteiger partial charge on any atom is -0.409 e. The predicted octanol–water partition coefficient (Wildman–Crippen LogP) is 2.37. The van der Waals surface area contributed by atoms with Crippen molar-refractivity contribution in [1.82, 2.24) is 0 Å². The summed E-state index contributed by atoms with van der Waals surface area (Å²) >= 11 is 0. The van der Waals surface area contributed by atoms with Crippen molar-refractivity contribution in [3.05, 3.63) is 71.0 Å². The monoisotopic (exact) mass is 275 g/mol. The van der Waals surface area contributed by atoms with E-state index in [1.165, 1.54) is 12.1 Å². The van der Waals surface area contributed by atoms with Crippen LogP contribution in [-0.2, 0) is 6.54 Å². The van der Waals surface area contributed by atoms with E-state index in [9.17, 15) is 4.39 Å². The van der Waals surface area contributed by atoms with Gasteiger partial charge < -0.3 is 16.7 Å². The van der Waals surface area contributed by atoms with Gasteiger partial charge in [0.2, 0.25) is 0 Å². The number of benzene rings is 2. The fraction of sp³-hybridized carbons (Fsp3) is 0.133. The number of hydrogen-bond acceptors (Lipinski definition) is 3. The van der Waals surface area contributed by atoms with Crippen molar-refractivity contribution < 1.29 is 9.60 Å². The number of oxime groups is 1. The van der Waals surface area contributed by atoms with Gasteiger partial charge in [0.05, 0.1) is 0 Å². The van der Waals surface area contributed by atoms with E-state index in [1.54, 1.807) is 12.1 Å². The third-order valence-corrected chi connectivity index (χ3v) is 2.60. The average molecular weight is 275 g/mol. The zero-order valence-electron chi connectivity index (χ0n) is 11.3. The van der Waals surface area contributed by atoms with Gasteiger partial charge in [-0.25, -0.2) is 4.39 Å². The quantitative estimate of drug-likeness (QED) is 0.340. The van der Waals surface area contributed by atoms with Crippen LogP contribution in [0, 0.1) is 12.7 Å². The highest BCUT2D eigenvalue weighted by molar-refractivity contribution is 5.96. The molecule has 5 N–H and O–H groups in total. The molecule has 4 nitrogen and oxygen atoms in total. The van der Waals surface area contributed by atoms with Crippen molar-refractivity contribution in [2.24, 2.45) is 16.6 Å². The molecule has 0 unspecified atom stereocenters. The standard InChI is InChI=1S/C8H10N2O.C7H8FN/c1-6-2-4-7(5-3-6)8(9)10-11;8-7-3-1-6(5-9)2-4-7/h2-5,11H,1H3,(H2,9,10);1-4H,5,9H2. The molecule has 0 aromatic heterocycles. The lowest BCUT2D eigenvalue weighted by atomic mass is 10.1. The Morgan fingerprint density at radius 3 is 2.10 bits per heavy atom. The molecule has 0 radical (unpaired) electrons. The van der Waals surface area contributed by atoms with Crippen LogP contribution in [0.3, 0.4) is 0 Å². The highest BCUT2D eigenvalue weighted by atomic mass is 19.1. The zero-order valence-corrected chi connectivity index (χ0v) is 11.3. The lowest BCUT2D eigenvalue weighted by Crippen LogP contribution is -2.12. The van der Waals surface area contributed by atoms with E-state index < -0.39 is 0 Å². The highest BCUT2D eigenvalue weighted by Crippen LogP contribution is 2.02. The van der Waals surface area contributed by atoms with Crippen LogP contribution in [0.15, 0.2) is 53.7 Å². The Labute approximate surface area is 117 Å². The van der Waals surface area contributed by atoms with E-state index in [2.05, 4.69) is 5.16 Å². The smallest absolute Gasteiger partial charge is 0.170 e. The Balaban J connectivity index is 0.000000204. The molecule has 106 valence electrons. The van der Waals surface area contributed by atoms with Gasteiger partial charge in [0.1, 0.15) is 5.82 Å². The third-order valence-electron chi connectivity index (χ3n) is 2.60. The largest absolute Gasteiger partial charge is 0.409 e. The molecule has 0 aliphatic heterocycles. The molecule has 0 aliphatic carbocycles. The summed E-state index contributed by atoms with van der Waals surface area (Å²) in [5.74, 6) is -0.0720. The lowest BCUT2D eigenvalue weighted by molar-refractivity contribution is 0.318. The van der Waals surface area contributed by atoms with Crippen LogP contribution in [0.4, 0.5) is 4.39 Å². The molecule has 0 aliphatic rings. The zero-order chi connectivity index (χ0) is 15.0. The van der Waals surface area contributed by atoms with Crippen molar-refractivity contribution >= 4 is 5.84 Å². The van der Waals surface area contributed by atoms with Crippen LogP contribution in [0.2, 0.25) is 0 Å². The van der Waals surface area contributed by atoms with Gasteiger partial charge >= 0.3 is 0 Å². The van der Waals surface area contributed by atoms with Crippen LogP contribution in [0.1, 0.15) is 16.7 Å². The Kier molecular flexibility index (Phi) is 6.19. The minimum absolute atomic E-state index is 0.144. The fourth-order valence-electron chi connectivity index (χ4n) is 1.40. The van der Waals surface area contributed by atoms with E-state index in [1.807, 2.05) is 31.2 Å². The fourth-order valence-corrected chi connectivity index (χ4v) is 1.40. The Morgan fingerprint density at radius 2 is 1.65 bits per heavy atom. The van der Waals surface area contributed by atoms with Gasteiger partial charge in [-0.05, 0) is 24.6 Å². The maximum absolute atomic E-state index is 12.2. The molecule has 20 heavy (non-hydrogen) atoms. The van der Waals surface area contributed by atoms with Gasteiger partial charge in [0.25, 0.3) is 0 Å². The molecule has 0 spiro atoms. The summed E-state index contributed by atoms with van der Waals surface area (Å²) in [7, 11) is 0. The third kappa shape index (κ3) is 5.07. The van der Waals surface area contributed by atoms with E-state index in [4.69, 9.17) is 16.7 Å². The SMILES string of the molecule is Cc1ccc(/C(N)=N/O)cc1.NCc1ccc(F)cc1. The number of nitrogens with zero attached hydrogens (tertiary/aromatic N) is 1. The summed E-state index contributed by atoms with van der Waals surface area (Å²) in [4.78, 5) is 0. The second-order valence-corrected chi connectivity index (χ2v) is 4.18. The van der Waals surface area contributed by atoms with Gasteiger partial charge in [-0.15, -0.1) is 0 Å². The summed E-state index contributed by atoms with van der Waals surface area (Å²) in [5.41, 5.74) is 13.5. The first-order valence-corrected chi connectivity index (χ1v) is 6.06. The van der Waals surface area contributed by atoms with Crippen LogP contribution in [0.25, 0.3) is 0 Å². The van der Waals surface area contributed by atoms with Crippen molar-refractivity contribution in [3.63, 3.8) is 0 Å². The molecule has 0 atom stereocenters. The van der Waals surface area contributed by atoms with Crippen molar-refractivity contribution in [1.29, 1.82) is 0 Å². The maximum Gasteiger partial charge on any atom is 0.170 e. The van der Waals surface area contributed by atoms with Crippen molar-refractivity contribution in [3.8, 4) is 0 Å². The van der Waals surface area contributed by atoms with Crippen LogP contribution >= 0.6 is 0 Å². The first kappa shape index (κ1) is 15.7. The van der Waals surface area contributed by atoms with Gasteiger partial charge in [-0.2, -0.15) is 0 Å². The number of aryl methyl sites for hydroxylation is 1. The first-order valence-electron chi connectivity index (χ1n) is 6.06. The summed E-state index contributed by atoms with van der Waals surface area (Å²) in [6.07, 6.45) is 0. The average Bonchev–Trinajstić information content (AvgIpc) is 2.49. The van der Waals surface area contributed by atoms with Crippen molar-refractivity contribution in [2.75, 3.05) is 0 Å². The summed E-state index contributed by atoms with van der Waals surface area (Å²) < 4.78 is 12.2. The molecule has 0 bridgehead atoms. The summed E-state index contributed by atoms with van der Waals surface area (Å²) in [6, 6.07) is 13.6. The Morgan fingerprint density at radius 1 is 1.10 bits per heavy atom. The second kappa shape index (κ2) is 7.91. The first-order chi connectivity index (χ1) is 9.56. The van der Waals surface area contributed by atoms with Gasteiger partial charge in [-0.3, -0.25) is 0 Å². The Bertz CT molecular complexity index is 550. The number of amidine groups is 1. The highest BCUT2D eigenvalue weighted by Gasteiger charge is 1.95. The summed E-state index contributed by atoms with van der Waals surface area (Å²) in [6.45, 7) is 2.45. The van der Waals surface area contributed by atoms with Crippen LogP contribution in [0.5, 0.6) is 0 Å². The van der Waals surface area contributed by atoms with Crippen molar-refractivity contribution in [2.45, 2.75) is 13.5 Å². The minimum atomic E-state index is -0.216. The molecule has 0 saturated carbocycles. The van der Waals surface area contributed by atoms with Gasteiger partial charge in [-0.1, -0.05) is 47.1 Å². The Hall–Kier alpha value is -2.40. The van der Waals surface area contributed by atoms with E-state index in [0.29, 0.717) is 6.54 Å². The molecular weight excluding hydrogens is 257 g/mol.